The Bertz CT molecular complexity index is 1270. The Balaban J connectivity index is 1.18. The topological polar surface area (TPSA) is 71.3 Å². The van der Waals surface area contributed by atoms with E-state index in [2.05, 4.69) is 19.7 Å². The number of aromatic nitrogens is 3. The SMILES string of the molecule is CC(c1ccc(N2C[C@@H]3[C@H](C2)[C@@H]3n2cnnc2)cc1F)N1CCCC(c2ccccc2)S1(=O)=O. The van der Waals surface area contributed by atoms with Crippen molar-refractivity contribution in [3.63, 3.8) is 0 Å². The van der Waals surface area contributed by atoms with Crippen LogP contribution in [0.3, 0.4) is 0 Å². The Morgan fingerprint density at radius 3 is 2.41 bits per heavy atom. The first-order chi connectivity index (χ1) is 16.4. The van der Waals surface area contributed by atoms with E-state index in [4.69, 9.17) is 0 Å². The predicted octanol–water partition coefficient (Wildman–Crippen LogP) is 3.95. The third-order valence-corrected chi connectivity index (χ3v) is 10.2. The number of rotatable bonds is 5. The molecular formula is C25H28FN5O2S. The second-order valence-electron chi connectivity index (χ2n) is 9.71. The van der Waals surface area contributed by atoms with E-state index in [1.54, 1.807) is 31.7 Å². The minimum absolute atomic E-state index is 0.349. The summed E-state index contributed by atoms with van der Waals surface area (Å²) in [4.78, 5) is 2.22. The fourth-order valence-corrected chi connectivity index (χ4v) is 8.24. The average Bonchev–Trinajstić information content (AvgIpc) is 3.21. The number of anilines is 1. The van der Waals surface area contributed by atoms with E-state index in [0.717, 1.165) is 30.8 Å². The van der Waals surface area contributed by atoms with Crippen LogP contribution in [0.25, 0.3) is 0 Å². The Labute approximate surface area is 199 Å². The van der Waals surface area contributed by atoms with Crippen LogP contribution >= 0.6 is 0 Å². The summed E-state index contributed by atoms with van der Waals surface area (Å²) in [5.41, 5.74) is 2.08. The van der Waals surface area contributed by atoms with Gasteiger partial charge >= 0.3 is 0 Å². The Hall–Kier alpha value is -2.78. The molecule has 2 saturated heterocycles. The second kappa shape index (κ2) is 8.16. The third kappa shape index (κ3) is 3.53. The van der Waals surface area contributed by atoms with Crippen LogP contribution in [0, 0.1) is 17.7 Å². The molecule has 1 aromatic heterocycles. The summed E-state index contributed by atoms with van der Waals surface area (Å²) >= 11 is 0. The van der Waals surface area contributed by atoms with Gasteiger partial charge in [0, 0.05) is 54.8 Å². The minimum atomic E-state index is -3.59. The molecule has 0 bridgehead atoms. The lowest BCUT2D eigenvalue weighted by molar-refractivity contribution is 0.303. The van der Waals surface area contributed by atoms with Crippen molar-refractivity contribution >= 4 is 15.7 Å². The van der Waals surface area contributed by atoms with Crippen LogP contribution < -0.4 is 4.90 Å². The summed E-state index contributed by atoms with van der Waals surface area (Å²) < 4.78 is 45.8. The average molecular weight is 482 g/mol. The van der Waals surface area contributed by atoms with Crippen LogP contribution in [0.5, 0.6) is 0 Å². The van der Waals surface area contributed by atoms with Crippen molar-refractivity contribution in [3.05, 3.63) is 78.1 Å². The normalized spacial score (nSPS) is 29.1. The quantitative estimate of drug-likeness (QED) is 0.552. The van der Waals surface area contributed by atoms with Gasteiger partial charge in [-0.3, -0.25) is 0 Å². The van der Waals surface area contributed by atoms with Gasteiger partial charge in [-0.2, -0.15) is 4.31 Å². The maximum atomic E-state index is 15.3. The van der Waals surface area contributed by atoms with Crippen LogP contribution in [0.15, 0.2) is 61.2 Å². The lowest BCUT2D eigenvalue weighted by atomic mass is 10.0. The fourth-order valence-electron chi connectivity index (χ4n) is 6.01. The van der Waals surface area contributed by atoms with Gasteiger partial charge in [-0.1, -0.05) is 36.4 Å². The van der Waals surface area contributed by atoms with Crippen molar-refractivity contribution in [2.24, 2.45) is 11.8 Å². The van der Waals surface area contributed by atoms with Gasteiger partial charge in [-0.15, -0.1) is 10.2 Å². The number of sulfonamides is 1. The number of hydrogen-bond acceptors (Lipinski definition) is 5. The molecule has 34 heavy (non-hydrogen) atoms. The molecule has 2 aliphatic heterocycles. The van der Waals surface area contributed by atoms with Crippen molar-refractivity contribution in [2.45, 2.75) is 37.1 Å². The summed E-state index contributed by atoms with van der Waals surface area (Å²) in [7, 11) is -3.59. The zero-order chi connectivity index (χ0) is 23.4. The lowest BCUT2D eigenvalue weighted by Crippen LogP contribution is -2.41. The maximum absolute atomic E-state index is 15.3. The molecule has 6 rings (SSSR count). The molecule has 3 aromatic rings. The van der Waals surface area contributed by atoms with Gasteiger partial charge in [0.25, 0.3) is 0 Å². The summed E-state index contributed by atoms with van der Waals surface area (Å²) in [5.74, 6) is 0.718. The van der Waals surface area contributed by atoms with E-state index < -0.39 is 21.3 Å². The van der Waals surface area contributed by atoms with Crippen LogP contribution in [0.1, 0.15) is 48.2 Å². The molecule has 1 aliphatic carbocycles. The first kappa shape index (κ1) is 21.7. The van der Waals surface area contributed by atoms with E-state index in [-0.39, 0.29) is 5.82 Å². The zero-order valence-corrected chi connectivity index (χ0v) is 19.9. The van der Waals surface area contributed by atoms with Gasteiger partial charge in [0.2, 0.25) is 10.0 Å². The highest BCUT2D eigenvalue weighted by Crippen LogP contribution is 2.55. The molecule has 5 atom stereocenters. The number of fused-ring (bicyclic) bond motifs is 1. The molecule has 3 fully saturated rings. The highest BCUT2D eigenvalue weighted by molar-refractivity contribution is 7.89. The molecule has 0 radical (unpaired) electrons. The predicted molar refractivity (Wildman–Crippen MR) is 127 cm³/mol. The molecule has 2 unspecified atom stereocenters. The largest absolute Gasteiger partial charge is 0.371 e. The van der Waals surface area contributed by atoms with Gasteiger partial charge in [-0.25, -0.2) is 12.8 Å². The molecule has 0 spiro atoms. The van der Waals surface area contributed by atoms with Gasteiger partial charge in [-0.05, 0) is 37.5 Å². The van der Waals surface area contributed by atoms with Crippen LogP contribution in [-0.2, 0) is 10.0 Å². The molecule has 3 heterocycles. The highest BCUT2D eigenvalue weighted by atomic mass is 32.2. The molecule has 9 heteroatoms. The summed E-state index contributed by atoms with van der Waals surface area (Å²) in [6.45, 7) is 3.95. The highest BCUT2D eigenvalue weighted by Gasteiger charge is 2.57. The van der Waals surface area contributed by atoms with Crippen LogP contribution in [0.4, 0.5) is 10.1 Å². The van der Waals surface area contributed by atoms with Crippen molar-refractivity contribution < 1.29 is 12.8 Å². The second-order valence-corrected chi connectivity index (χ2v) is 11.8. The number of hydrogen-bond donors (Lipinski definition) is 0. The summed E-state index contributed by atoms with van der Waals surface area (Å²) in [6, 6.07) is 14.5. The van der Waals surface area contributed by atoms with Gasteiger partial charge in [0.15, 0.2) is 0 Å². The molecule has 0 N–H and O–H groups in total. The van der Waals surface area contributed by atoms with Gasteiger partial charge in [0.05, 0.1) is 0 Å². The molecule has 178 valence electrons. The van der Waals surface area contributed by atoms with Crippen molar-refractivity contribution in [3.8, 4) is 0 Å². The summed E-state index contributed by atoms with van der Waals surface area (Å²) in [5, 5.41) is 7.22. The van der Waals surface area contributed by atoms with E-state index >= 15 is 4.39 Å². The Morgan fingerprint density at radius 2 is 1.74 bits per heavy atom. The van der Waals surface area contributed by atoms with Gasteiger partial charge < -0.3 is 9.47 Å². The Kier molecular flexibility index (Phi) is 5.22. The van der Waals surface area contributed by atoms with Gasteiger partial charge in [0.1, 0.15) is 23.7 Å². The molecule has 7 nitrogen and oxygen atoms in total. The van der Waals surface area contributed by atoms with Crippen LogP contribution in [-0.4, -0.2) is 47.1 Å². The monoisotopic (exact) mass is 481 g/mol. The van der Waals surface area contributed by atoms with Crippen molar-refractivity contribution in [1.82, 2.24) is 19.1 Å². The molecular weight excluding hydrogens is 453 g/mol. The summed E-state index contributed by atoms with van der Waals surface area (Å²) in [6.07, 6.45) is 4.87. The molecule has 2 aromatic carbocycles. The number of nitrogens with zero attached hydrogens (tertiary/aromatic N) is 5. The Morgan fingerprint density at radius 1 is 1.03 bits per heavy atom. The van der Waals surface area contributed by atoms with Crippen LogP contribution in [0.2, 0.25) is 0 Å². The van der Waals surface area contributed by atoms with E-state index in [0.29, 0.717) is 36.4 Å². The molecule has 3 aliphatic rings. The fraction of sp³-hybridized carbons (Fsp3) is 0.440. The standard InChI is InChI=1S/C25H28FN5O2S/c1-17(31-11-5-8-24(34(31,32)33)18-6-3-2-4-7-18)20-10-9-19(12-23(20)26)29-13-21-22(14-29)25(21)30-15-27-28-16-30/h2-4,6-7,9-10,12,15-17,21-22,24-25H,5,8,11,13-14H2,1H3/t17?,21-,22+,24?,25-. The van der Waals surface area contributed by atoms with E-state index in [9.17, 15) is 8.42 Å². The maximum Gasteiger partial charge on any atom is 0.221 e. The zero-order valence-electron chi connectivity index (χ0n) is 19.0. The first-order valence-corrected chi connectivity index (χ1v) is 13.4. The molecule has 1 saturated carbocycles. The van der Waals surface area contributed by atoms with Crippen molar-refractivity contribution in [2.75, 3.05) is 24.5 Å². The van der Waals surface area contributed by atoms with Crippen molar-refractivity contribution in [1.29, 1.82) is 0 Å². The number of benzene rings is 2. The smallest absolute Gasteiger partial charge is 0.221 e. The lowest BCUT2D eigenvalue weighted by Gasteiger charge is -2.36. The third-order valence-electron chi connectivity index (χ3n) is 7.86. The first-order valence-electron chi connectivity index (χ1n) is 11.9. The van der Waals surface area contributed by atoms with E-state index in [1.807, 2.05) is 36.4 Å². The van der Waals surface area contributed by atoms with E-state index in [1.165, 1.54) is 4.31 Å². The number of halogens is 1. The molecule has 0 amide bonds. The number of piperidine rings is 1. The minimum Gasteiger partial charge on any atom is -0.371 e.